The van der Waals surface area contributed by atoms with E-state index in [-0.39, 0.29) is 11.8 Å². The third kappa shape index (κ3) is 2.98. The lowest BCUT2D eigenvalue weighted by molar-refractivity contribution is -0.131. The molecule has 98 valence electrons. The Bertz CT molecular complexity index is 631. The molecule has 6 nitrogen and oxygen atoms in total. The summed E-state index contributed by atoms with van der Waals surface area (Å²) in [4.78, 5) is 10.4. The number of carboxylic acids is 1. The molecule has 1 heterocycles. The van der Waals surface area contributed by atoms with Gasteiger partial charge in [0.2, 0.25) is 5.89 Å². The van der Waals surface area contributed by atoms with Crippen molar-refractivity contribution in [3.8, 4) is 17.2 Å². The first kappa shape index (κ1) is 12.8. The predicted octanol–water partition coefficient (Wildman–Crippen LogP) is 2.15. The standard InChI is InChI=1S/C13H12N2O4/c1-8-3-4-10(18-2)9(7-8)13-15-14-11(19-13)5-6-12(16)17/h3-7H,1-2H3,(H,16,17)/b6-5+. The van der Waals surface area contributed by atoms with Crippen molar-refractivity contribution in [2.24, 2.45) is 0 Å². The Hall–Kier alpha value is -2.63. The molecule has 0 aliphatic rings. The van der Waals surface area contributed by atoms with Crippen molar-refractivity contribution >= 4 is 12.0 Å². The van der Waals surface area contributed by atoms with Gasteiger partial charge in [-0.2, -0.15) is 0 Å². The van der Waals surface area contributed by atoms with E-state index in [1.165, 1.54) is 6.08 Å². The minimum absolute atomic E-state index is 0.126. The van der Waals surface area contributed by atoms with Crippen LogP contribution in [0.2, 0.25) is 0 Å². The quantitative estimate of drug-likeness (QED) is 0.848. The highest BCUT2D eigenvalue weighted by molar-refractivity contribution is 5.84. The average molecular weight is 260 g/mol. The number of carboxylic acid groups (broad SMARTS) is 1. The van der Waals surface area contributed by atoms with Crippen molar-refractivity contribution in [2.75, 3.05) is 7.11 Å². The number of methoxy groups -OCH3 is 1. The molecule has 0 fully saturated rings. The lowest BCUT2D eigenvalue weighted by Crippen LogP contribution is -1.88. The molecule has 0 saturated carbocycles. The van der Waals surface area contributed by atoms with Gasteiger partial charge >= 0.3 is 5.97 Å². The molecule has 0 aliphatic carbocycles. The molecule has 0 amide bonds. The van der Waals surface area contributed by atoms with E-state index in [0.29, 0.717) is 11.3 Å². The average Bonchev–Trinajstić information content (AvgIpc) is 2.85. The van der Waals surface area contributed by atoms with Gasteiger partial charge in [0.05, 0.1) is 12.7 Å². The summed E-state index contributed by atoms with van der Waals surface area (Å²) in [6.07, 6.45) is 2.17. The summed E-state index contributed by atoms with van der Waals surface area (Å²) in [6.45, 7) is 1.94. The maximum absolute atomic E-state index is 10.4. The molecule has 6 heteroatoms. The molecule has 1 aromatic heterocycles. The normalized spacial score (nSPS) is 10.8. The molecule has 0 saturated heterocycles. The molecular weight excluding hydrogens is 248 g/mol. The molecule has 0 bridgehead atoms. The van der Waals surface area contributed by atoms with Gasteiger partial charge in [0.25, 0.3) is 5.89 Å². The van der Waals surface area contributed by atoms with E-state index in [1.54, 1.807) is 7.11 Å². The van der Waals surface area contributed by atoms with Crippen LogP contribution in [0.3, 0.4) is 0 Å². The first-order chi connectivity index (χ1) is 9.10. The van der Waals surface area contributed by atoms with Crippen LogP contribution < -0.4 is 4.74 Å². The molecule has 2 rings (SSSR count). The van der Waals surface area contributed by atoms with Crippen molar-refractivity contribution in [3.63, 3.8) is 0 Å². The number of rotatable bonds is 4. The van der Waals surface area contributed by atoms with Gasteiger partial charge in [-0.3, -0.25) is 0 Å². The second-order valence-corrected chi connectivity index (χ2v) is 3.82. The third-order valence-electron chi connectivity index (χ3n) is 2.39. The number of aryl methyl sites for hydroxylation is 1. The van der Waals surface area contributed by atoms with E-state index < -0.39 is 5.97 Å². The number of nitrogens with zero attached hydrogens (tertiary/aromatic N) is 2. The maximum atomic E-state index is 10.4. The highest BCUT2D eigenvalue weighted by Gasteiger charge is 2.12. The van der Waals surface area contributed by atoms with Crippen LogP contribution >= 0.6 is 0 Å². The molecule has 0 aliphatic heterocycles. The van der Waals surface area contributed by atoms with Gasteiger partial charge in [-0.15, -0.1) is 10.2 Å². The predicted molar refractivity (Wildman–Crippen MR) is 67.7 cm³/mol. The minimum Gasteiger partial charge on any atom is -0.496 e. The molecule has 19 heavy (non-hydrogen) atoms. The van der Waals surface area contributed by atoms with Crippen molar-refractivity contribution in [1.82, 2.24) is 10.2 Å². The lowest BCUT2D eigenvalue weighted by Gasteiger charge is -2.05. The fourth-order valence-electron chi connectivity index (χ4n) is 1.54. The van der Waals surface area contributed by atoms with Crippen LogP contribution in [0, 0.1) is 6.92 Å². The number of benzene rings is 1. The van der Waals surface area contributed by atoms with E-state index in [1.807, 2.05) is 25.1 Å². The summed E-state index contributed by atoms with van der Waals surface area (Å²) in [5, 5.41) is 16.1. The van der Waals surface area contributed by atoms with Crippen LogP contribution in [-0.4, -0.2) is 28.4 Å². The molecule has 0 radical (unpaired) electrons. The Morgan fingerprint density at radius 2 is 2.21 bits per heavy atom. The summed E-state index contributed by atoms with van der Waals surface area (Å²) >= 11 is 0. The van der Waals surface area contributed by atoms with Crippen LogP contribution in [0.1, 0.15) is 11.5 Å². The number of aliphatic carboxylic acids is 1. The van der Waals surface area contributed by atoms with Crippen molar-refractivity contribution in [3.05, 3.63) is 35.7 Å². The molecular formula is C13H12N2O4. The van der Waals surface area contributed by atoms with Crippen molar-refractivity contribution < 1.29 is 19.1 Å². The second kappa shape index (κ2) is 5.34. The summed E-state index contributed by atoms with van der Waals surface area (Å²) in [5.41, 5.74) is 1.70. The highest BCUT2D eigenvalue weighted by Crippen LogP contribution is 2.29. The highest BCUT2D eigenvalue weighted by atomic mass is 16.5. The number of hydrogen-bond donors (Lipinski definition) is 1. The summed E-state index contributed by atoms with van der Waals surface area (Å²) in [6, 6.07) is 5.57. The van der Waals surface area contributed by atoms with Gasteiger partial charge in [-0.05, 0) is 19.1 Å². The number of hydrogen-bond acceptors (Lipinski definition) is 5. The second-order valence-electron chi connectivity index (χ2n) is 3.82. The zero-order chi connectivity index (χ0) is 13.8. The van der Waals surface area contributed by atoms with Crippen molar-refractivity contribution in [1.29, 1.82) is 0 Å². The van der Waals surface area contributed by atoms with Gasteiger partial charge in [-0.25, -0.2) is 4.79 Å². The smallest absolute Gasteiger partial charge is 0.328 e. The Morgan fingerprint density at radius 1 is 1.42 bits per heavy atom. The summed E-state index contributed by atoms with van der Waals surface area (Å²) in [5.74, 6) is -0.0533. The first-order valence-corrected chi connectivity index (χ1v) is 5.49. The van der Waals surface area contributed by atoms with Crippen LogP contribution in [0.5, 0.6) is 5.75 Å². The Morgan fingerprint density at radius 3 is 2.89 bits per heavy atom. The van der Waals surface area contributed by atoms with Crippen molar-refractivity contribution in [2.45, 2.75) is 6.92 Å². The lowest BCUT2D eigenvalue weighted by atomic mass is 10.1. The van der Waals surface area contributed by atoms with Crippen LogP contribution in [0.4, 0.5) is 0 Å². The summed E-state index contributed by atoms with van der Waals surface area (Å²) < 4.78 is 10.6. The fraction of sp³-hybridized carbons (Fsp3) is 0.154. The maximum Gasteiger partial charge on any atom is 0.328 e. The Kier molecular flexibility index (Phi) is 3.61. The first-order valence-electron chi connectivity index (χ1n) is 5.49. The molecule has 0 unspecified atom stereocenters. The number of aromatic nitrogens is 2. The fourth-order valence-corrected chi connectivity index (χ4v) is 1.54. The zero-order valence-corrected chi connectivity index (χ0v) is 10.5. The molecule has 1 aromatic carbocycles. The molecule has 0 spiro atoms. The van der Waals surface area contributed by atoms with Gasteiger partial charge in [0, 0.05) is 12.2 Å². The van der Waals surface area contributed by atoms with Crippen LogP contribution in [0.25, 0.3) is 17.5 Å². The van der Waals surface area contributed by atoms with E-state index >= 15 is 0 Å². The summed E-state index contributed by atoms with van der Waals surface area (Å²) in [7, 11) is 1.55. The minimum atomic E-state index is -1.08. The molecule has 0 atom stereocenters. The molecule has 1 N–H and O–H groups in total. The number of carbonyl (C=O) groups is 1. The van der Waals surface area contributed by atoms with Gasteiger partial charge in [0.1, 0.15) is 5.75 Å². The molecule has 2 aromatic rings. The third-order valence-corrected chi connectivity index (χ3v) is 2.39. The van der Waals surface area contributed by atoms with E-state index in [2.05, 4.69) is 10.2 Å². The van der Waals surface area contributed by atoms with Gasteiger partial charge < -0.3 is 14.3 Å². The monoisotopic (exact) mass is 260 g/mol. The van der Waals surface area contributed by atoms with Crippen LogP contribution in [0.15, 0.2) is 28.7 Å². The van der Waals surface area contributed by atoms with E-state index in [0.717, 1.165) is 11.6 Å². The van der Waals surface area contributed by atoms with E-state index in [4.69, 9.17) is 14.3 Å². The van der Waals surface area contributed by atoms with Gasteiger partial charge in [-0.1, -0.05) is 11.6 Å². The SMILES string of the molecule is COc1ccc(C)cc1-c1nnc(/C=C/C(=O)O)o1. The Labute approximate surface area is 109 Å². The van der Waals surface area contributed by atoms with Crippen LogP contribution in [-0.2, 0) is 4.79 Å². The van der Waals surface area contributed by atoms with Gasteiger partial charge in [0.15, 0.2) is 0 Å². The Balaban J connectivity index is 2.37. The largest absolute Gasteiger partial charge is 0.496 e. The number of ether oxygens (including phenoxy) is 1. The van der Waals surface area contributed by atoms with E-state index in [9.17, 15) is 4.79 Å². The topological polar surface area (TPSA) is 85.5 Å². The zero-order valence-electron chi connectivity index (χ0n) is 10.5.